The van der Waals surface area contributed by atoms with Crippen LogP contribution in [0.25, 0.3) is 0 Å². The van der Waals surface area contributed by atoms with Crippen LogP contribution in [-0.4, -0.2) is 28.2 Å². The first kappa shape index (κ1) is 13.1. The normalized spacial score (nSPS) is 10.2. The molecule has 0 saturated heterocycles. The summed E-state index contributed by atoms with van der Waals surface area (Å²) in [5.74, 6) is 0.694. The standard InChI is InChI=1S/C13H16N4O2/c1-2-18-12-11(14)13(17-9-16-12)19-8-6-10-5-3-4-7-15-10/h3-5,7,9H,2,6,8,14H2,1H3. The van der Waals surface area contributed by atoms with Crippen molar-refractivity contribution < 1.29 is 9.47 Å². The van der Waals surface area contributed by atoms with Crippen LogP contribution in [0.1, 0.15) is 12.6 Å². The van der Waals surface area contributed by atoms with Crippen molar-refractivity contribution in [2.75, 3.05) is 18.9 Å². The van der Waals surface area contributed by atoms with Gasteiger partial charge in [-0.25, -0.2) is 0 Å². The van der Waals surface area contributed by atoms with Crippen molar-refractivity contribution in [3.05, 3.63) is 36.4 Å². The van der Waals surface area contributed by atoms with E-state index < -0.39 is 0 Å². The molecule has 19 heavy (non-hydrogen) atoms. The van der Waals surface area contributed by atoms with E-state index in [-0.39, 0.29) is 0 Å². The summed E-state index contributed by atoms with van der Waals surface area (Å²) in [6, 6.07) is 5.76. The van der Waals surface area contributed by atoms with E-state index in [1.165, 1.54) is 6.33 Å². The maximum Gasteiger partial charge on any atom is 0.244 e. The Morgan fingerprint density at radius 1 is 1.11 bits per heavy atom. The predicted molar refractivity (Wildman–Crippen MR) is 71.0 cm³/mol. The fourth-order valence-corrected chi connectivity index (χ4v) is 1.53. The number of rotatable bonds is 6. The van der Waals surface area contributed by atoms with Gasteiger partial charge in [0.05, 0.1) is 13.2 Å². The van der Waals surface area contributed by atoms with E-state index in [0.29, 0.717) is 37.1 Å². The van der Waals surface area contributed by atoms with Crippen LogP contribution in [0.2, 0.25) is 0 Å². The number of hydrogen-bond acceptors (Lipinski definition) is 6. The SMILES string of the molecule is CCOc1ncnc(OCCc2ccccn2)c1N. The second kappa shape index (κ2) is 6.53. The number of hydrogen-bond donors (Lipinski definition) is 1. The Morgan fingerprint density at radius 3 is 2.58 bits per heavy atom. The van der Waals surface area contributed by atoms with Gasteiger partial charge in [-0.2, -0.15) is 9.97 Å². The van der Waals surface area contributed by atoms with Gasteiger partial charge >= 0.3 is 0 Å². The van der Waals surface area contributed by atoms with Crippen molar-refractivity contribution in [2.24, 2.45) is 0 Å². The fraction of sp³-hybridized carbons (Fsp3) is 0.308. The summed E-state index contributed by atoms with van der Waals surface area (Å²) in [4.78, 5) is 12.1. The highest BCUT2D eigenvalue weighted by Gasteiger charge is 2.09. The van der Waals surface area contributed by atoms with E-state index in [1.807, 2.05) is 25.1 Å². The highest BCUT2D eigenvalue weighted by atomic mass is 16.5. The minimum atomic E-state index is 0.324. The third-order valence-electron chi connectivity index (χ3n) is 2.41. The van der Waals surface area contributed by atoms with Crippen molar-refractivity contribution in [1.29, 1.82) is 0 Å². The molecule has 2 heterocycles. The first-order chi connectivity index (χ1) is 9.31. The number of anilines is 1. The van der Waals surface area contributed by atoms with Crippen LogP contribution >= 0.6 is 0 Å². The smallest absolute Gasteiger partial charge is 0.244 e. The van der Waals surface area contributed by atoms with Gasteiger partial charge < -0.3 is 15.2 Å². The summed E-state index contributed by atoms with van der Waals surface area (Å²) in [5, 5.41) is 0. The van der Waals surface area contributed by atoms with Crippen LogP contribution in [-0.2, 0) is 6.42 Å². The monoisotopic (exact) mass is 260 g/mol. The van der Waals surface area contributed by atoms with Crippen LogP contribution < -0.4 is 15.2 Å². The topological polar surface area (TPSA) is 83.2 Å². The number of ether oxygens (including phenoxy) is 2. The predicted octanol–water partition coefficient (Wildman–Crippen LogP) is 1.47. The molecule has 0 fully saturated rings. The van der Waals surface area contributed by atoms with Crippen LogP contribution in [0.3, 0.4) is 0 Å². The number of nitrogen functional groups attached to an aromatic ring is 1. The zero-order valence-corrected chi connectivity index (χ0v) is 10.7. The lowest BCUT2D eigenvalue weighted by molar-refractivity contribution is 0.298. The van der Waals surface area contributed by atoms with Crippen molar-refractivity contribution >= 4 is 5.69 Å². The molecule has 0 saturated carbocycles. The molecule has 0 bridgehead atoms. The van der Waals surface area contributed by atoms with E-state index >= 15 is 0 Å². The van der Waals surface area contributed by atoms with Gasteiger partial charge in [-0.1, -0.05) is 6.07 Å². The molecular weight excluding hydrogens is 244 g/mol. The number of nitrogens with zero attached hydrogens (tertiary/aromatic N) is 3. The quantitative estimate of drug-likeness (QED) is 0.846. The third-order valence-corrected chi connectivity index (χ3v) is 2.41. The molecule has 0 amide bonds. The first-order valence-corrected chi connectivity index (χ1v) is 6.07. The highest BCUT2D eigenvalue weighted by molar-refractivity contribution is 5.55. The molecular formula is C13H16N4O2. The van der Waals surface area contributed by atoms with Crippen molar-refractivity contribution in [2.45, 2.75) is 13.3 Å². The van der Waals surface area contributed by atoms with Crippen molar-refractivity contribution in [3.8, 4) is 11.8 Å². The van der Waals surface area contributed by atoms with Gasteiger partial charge in [-0.3, -0.25) is 4.98 Å². The molecule has 0 atom stereocenters. The van der Waals surface area contributed by atoms with E-state index in [2.05, 4.69) is 15.0 Å². The Balaban J connectivity index is 1.94. The molecule has 0 aliphatic carbocycles. The van der Waals surface area contributed by atoms with E-state index in [4.69, 9.17) is 15.2 Å². The summed E-state index contributed by atoms with van der Waals surface area (Å²) < 4.78 is 10.8. The summed E-state index contributed by atoms with van der Waals surface area (Å²) in [5.41, 5.74) is 7.14. The Morgan fingerprint density at radius 2 is 1.89 bits per heavy atom. The van der Waals surface area contributed by atoms with Crippen LogP contribution in [0, 0.1) is 0 Å². The van der Waals surface area contributed by atoms with Gasteiger partial charge in [0, 0.05) is 18.3 Å². The van der Waals surface area contributed by atoms with Gasteiger partial charge in [0.2, 0.25) is 11.8 Å². The summed E-state index contributed by atoms with van der Waals surface area (Å²) >= 11 is 0. The molecule has 2 aromatic heterocycles. The molecule has 2 rings (SSSR count). The van der Waals surface area contributed by atoms with Gasteiger partial charge in [-0.05, 0) is 19.1 Å². The van der Waals surface area contributed by atoms with Crippen LogP contribution in [0.15, 0.2) is 30.7 Å². The van der Waals surface area contributed by atoms with E-state index in [0.717, 1.165) is 5.69 Å². The lowest BCUT2D eigenvalue weighted by Crippen LogP contribution is -2.08. The average molecular weight is 260 g/mol. The first-order valence-electron chi connectivity index (χ1n) is 6.07. The minimum absolute atomic E-state index is 0.324. The maximum absolute atomic E-state index is 5.86. The zero-order valence-electron chi connectivity index (χ0n) is 10.7. The Bertz CT molecular complexity index is 519. The molecule has 0 aliphatic heterocycles. The van der Waals surface area contributed by atoms with Crippen LogP contribution in [0.4, 0.5) is 5.69 Å². The molecule has 0 aromatic carbocycles. The van der Waals surface area contributed by atoms with Gasteiger partial charge in [0.1, 0.15) is 6.33 Å². The summed E-state index contributed by atoms with van der Waals surface area (Å²) in [6.07, 6.45) is 3.81. The van der Waals surface area contributed by atoms with E-state index in [1.54, 1.807) is 6.20 Å². The molecule has 0 unspecified atom stereocenters. The van der Waals surface area contributed by atoms with Crippen molar-refractivity contribution in [1.82, 2.24) is 15.0 Å². The van der Waals surface area contributed by atoms with Crippen molar-refractivity contribution in [3.63, 3.8) is 0 Å². The minimum Gasteiger partial charge on any atom is -0.476 e. The lowest BCUT2D eigenvalue weighted by atomic mass is 10.3. The molecule has 2 aromatic rings. The van der Waals surface area contributed by atoms with E-state index in [9.17, 15) is 0 Å². The lowest BCUT2D eigenvalue weighted by Gasteiger charge is -2.10. The van der Waals surface area contributed by atoms with Gasteiger partial charge in [-0.15, -0.1) is 0 Å². The number of aromatic nitrogens is 3. The van der Waals surface area contributed by atoms with Gasteiger partial charge in [0.15, 0.2) is 5.69 Å². The fourth-order valence-electron chi connectivity index (χ4n) is 1.53. The summed E-state index contributed by atoms with van der Waals surface area (Å²) in [7, 11) is 0. The third kappa shape index (κ3) is 3.54. The molecule has 2 N–H and O–H groups in total. The molecule has 0 aliphatic rings. The van der Waals surface area contributed by atoms with Gasteiger partial charge in [0.25, 0.3) is 0 Å². The molecule has 0 spiro atoms. The highest BCUT2D eigenvalue weighted by Crippen LogP contribution is 2.26. The summed E-state index contributed by atoms with van der Waals surface area (Å²) in [6.45, 7) is 2.81. The van der Waals surface area contributed by atoms with Crippen LogP contribution in [0.5, 0.6) is 11.8 Å². The second-order valence-electron chi connectivity index (χ2n) is 3.75. The number of pyridine rings is 1. The maximum atomic E-state index is 5.86. The second-order valence-corrected chi connectivity index (χ2v) is 3.75. The Labute approximate surface area is 111 Å². The zero-order chi connectivity index (χ0) is 13.5. The molecule has 6 nitrogen and oxygen atoms in total. The molecule has 0 radical (unpaired) electrons. The average Bonchev–Trinajstić information content (AvgIpc) is 2.44. The Hall–Kier alpha value is -2.37. The number of nitrogens with two attached hydrogens (primary N) is 1. The largest absolute Gasteiger partial charge is 0.476 e. The Kier molecular flexibility index (Phi) is 4.49. The molecule has 100 valence electrons. The molecule has 6 heteroatoms.